The van der Waals surface area contributed by atoms with Crippen molar-refractivity contribution < 1.29 is 18.0 Å². The van der Waals surface area contributed by atoms with E-state index in [1.807, 2.05) is 6.92 Å². The molecule has 1 aromatic carbocycles. The molecule has 1 unspecified atom stereocenters. The highest BCUT2D eigenvalue weighted by atomic mass is 19.4. The van der Waals surface area contributed by atoms with E-state index in [-0.39, 0.29) is 11.9 Å². The molecule has 1 aromatic rings. The number of nitrogens with two attached hydrogens (primary N) is 1. The highest BCUT2D eigenvalue weighted by Crippen LogP contribution is 2.31. The fourth-order valence-corrected chi connectivity index (χ4v) is 3.00. The van der Waals surface area contributed by atoms with Crippen LogP contribution in [0.25, 0.3) is 0 Å². The number of rotatable bonds is 5. The summed E-state index contributed by atoms with van der Waals surface area (Å²) in [5.41, 5.74) is 5.35. The number of amides is 2. The third kappa shape index (κ3) is 5.12. The van der Waals surface area contributed by atoms with Crippen LogP contribution < -0.4 is 11.1 Å². The number of carbonyl (C=O) groups is 1. The van der Waals surface area contributed by atoms with Gasteiger partial charge in [0.1, 0.15) is 0 Å². The van der Waals surface area contributed by atoms with Crippen molar-refractivity contribution in [1.82, 2.24) is 10.2 Å². The largest absolute Gasteiger partial charge is 0.416 e. The predicted octanol–water partition coefficient (Wildman–Crippen LogP) is 3.33. The molecule has 0 aromatic heterocycles. The van der Waals surface area contributed by atoms with Crippen molar-refractivity contribution in [3.05, 3.63) is 35.4 Å². The van der Waals surface area contributed by atoms with Crippen LogP contribution in [0.2, 0.25) is 0 Å². The van der Waals surface area contributed by atoms with Gasteiger partial charge in [-0.1, -0.05) is 25.1 Å². The normalized spacial score (nSPS) is 17.8. The maximum absolute atomic E-state index is 12.8. The van der Waals surface area contributed by atoms with Gasteiger partial charge in [-0.15, -0.1) is 0 Å². The van der Waals surface area contributed by atoms with Crippen LogP contribution in [0.15, 0.2) is 24.3 Å². The van der Waals surface area contributed by atoms with Crippen molar-refractivity contribution in [1.29, 1.82) is 0 Å². The summed E-state index contributed by atoms with van der Waals surface area (Å²) in [6.45, 7) is 3.97. The first-order chi connectivity index (χ1) is 11.3. The number of primary amides is 1. The Morgan fingerprint density at radius 3 is 2.62 bits per heavy atom. The number of carbonyl (C=O) groups excluding carboxylic acids is 1. The van der Waals surface area contributed by atoms with Gasteiger partial charge in [0.15, 0.2) is 0 Å². The number of nitrogens with zero attached hydrogens (tertiary/aromatic N) is 1. The van der Waals surface area contributed by atoms with Crippen LogP contribution in [0.4, 0.5) is 18.0 Å². The summed E-state index contributed by atoms with van der Waals surface area (Å²) in [6, 6.07) is 5.48. The van der Waals surface area contributed by atoms with Crippen molar-refractivity contribution in [3.8, 4) is 0 Å². The number of alkyl halides is 3. The van der Waals surface area contributed by atoms with Crippen molar-refractivity contribution >= 4 is 6.03 Å². The lowest BCUT2D eigenvalue weighted by Gasteiger charge is -2.31. The molecule has 2 rings (SSSR count). The second-order valence-electron chi connectivity index (χ2n) is 6.37. The molecule has 1 saturated heterocycles. The summed E-state index contributed by atoms with van der Waals surface area (Å²) in [5.74, 6) is 0.0468. The van der Waals surface area contributed by atoms with Gasteiger partial charge in [-0.3, -0.25) is 0 Å². The van der Waals surface area contributed by atoms with Gasteiger partial charge in [0, 0.05) is 19.1 Å². The number of nitrogens with one attached hydrogen (secondary N) is 1. The van der Waals surface area contributed by atoms with Crippen LogP contribution in [-0.4, -0.2) is 36.6 Å². The van der Waals surface area contributed by atoms with E-state index in [4.69, 9.17) is 5.73 Å². The highest BCUT2D eigenvalue weighted by Gasteiger charge is 2.30. The van der Waals surface area contributed by atoms with Gasteiger partial charge < -0.3 is 16.0 Å². The van der Waals surface area contributed by atoms with Crippen molar-refractivity contribution in [2.75, 3.05) is 19.6 Å². The number of likely N-dealkylation sites (tertiary alicyclic amines) is 1. The molecule has 1 aliphatic heterocycles. The van der Waals surface area contributed by atoms with E-state index in [2.05, 4.69) is 5.32 Å². The van der Waals surface area contributed by atoms with Crippen molar-refractivity contribution in [3.63, 3.8) is 0 Å². The van der Waals surface area contributed by atoms with Crippen LogP contribution in [-0.2, 0) is 6.18 Å². The molecule has 24 heavy (non-hydrogen) atoms. The van der Waals surface area contributed by atoms with Gasteiger partial charge in [-0.25, -0.2) is 4.79 Å². The van der Waals surface area contributed by atoms with Gasteiger partial charge in [-0.2, -0.15) is 13.2 Å². The van der Waals surface area contributed by atoms with Gasteiger partial charge in [-0.05, 0) is 43.4 Å². The number of hydrogen-bond donors (Lipinski definition) is 2. The standard InChI is InChI=1S/C17H24F3N3O/c1-12(13-3-2-4-14(11-13)17(18,19)20)5-8-22-15-6-9-23(10-7-15)16(21)24/h2-4,11-12,15,22H,5-10H2,1H3,(H2,21,24). The van der Waals surface area contributed by atoms with Gasteiger partial charge in [0.2, 0.25) is 0 Å². The maximum atomic E-state index is 12.8. The molecule has 4 nitrogen and oxygen atoms in total. The summed E-state index contributed by atoms with van der Waals surface area (Å²) >= 11 is 0. The number of hydrogen-bond acceptors (Lipinski definition) is 2. The summed E-state index contributed by atoms with van der Waals surface area (Å²) in [5, 5.41) is 3.43. The third-order valence-corrected chi connectivity index (χ3v) is 4.60. The molecule has 7 heteroatoms. The Bertz CT molecular complexity index is 554. The fourth-order valence-electron chi connectivity index (χ4n) is 3.00. The van der Waals surface area contributed by atoms with Gasteiger partial charge in [0.05, 0.1) is 5.56 Å². The Morgan fingerprint density at radius 2 is 2.04 bits per heavy atom. The minimum absolute atomic E-state index is 0.0468. The zero-order chi connectivity index (χ0) is 17.7. The fraction of sp³-hybridized carbons (Fsp3) is 0.588. The minimum Gasteiger partial charge on any atom is -0.351 e. The molecule has 0 radical (unpaired) electrons. The summed E-state index contributed by atoms with van der Waals surface area (Å²) in [7, 11) is 0. The van der Waals surface area contributed by atoms with Crippen LogP contribution in [0.1, 0.15) is 43.2 Å². The highest BCUT2D eigenvalue weighted by molar-refractivity contribution is 5.72. The molecule has 1 atom stereocenters. The third-order valence-electron chi connectivity index (χ3n) is 4.60. The van der Waals surface area contributed by atoms with Crippen LogP contribution in [0.3, 0.4) is 0 Å². The first-order valence-electron chi connectivity index (χ1n) is 8.22. The molecule has 3 N–H and O–H groups in total. The topological polar surface area (TPSA) is 58.4 Å². The first-order valence-corrected chi connectivity index (χ1v) is 8.22. The van der Waals surface area contributed by atoms with E-state index < -0.39 is 11.7 Å². The summed E-state index contributed by atoms with van der Waals surface area (Å²) in [6.07, 6.45) is -1.85. The van der Waals surface area contributed by atoms with Gasteiger partial charge >= 0.3 is 12.2 Å². The number of urea groups is 1. The predicted molar refractivity (Wildman–Crippen MR) is 86.7 cm³/mol. The van der Waals surface area contributed by atoms with Crippen LogP contribution in [0.5, 0.6) is 0 Å². The quantitative estimate of drug-likeness (QED) is 0.861. The summed E-state index contributed by atoms with van der Waals surface area (Å²) < 4.78 is 38.3. The first kappa shape index (κ1) is 18.6. The second-order valence-corrected chi connectivity index (χ2v) is 6.37. The van der Waals surface area contributed by atoms with E-state index in [9.17, 15) is 18.0 Å². The maximum Gasteiger partial charge on any atom is 0.416 e. The molecule has 0 saturated carbocycles. The Balaban J connectivity index is 1.78. The zero-order valence-electron chi connectivity index (χ0n) is 13.8. The second kappa shape index (κ2) is 7.88. The van der Waals surface area contributed by atoms with Crippen molar-refractivity contribution in [2.24, 2.45) is 5.73 Å². The van der Waals surface area contributed by atoms with Gasteiger partial charge in [0.25, 0.3) is 0 Å². The zero-order valence-corrected chi connectivity index (χ0v) is 13.8. The van der Waals surface area contributed by atoms with Crippen LogP contribution in [0, 0.1) is 0 Å². The molecule has 0 bridgehead atoms. The minimum atomic E-state index is -4.30. The average molecular weight is 343 g/mol. The Morgan fingerprint density at radius 1 is 1.38 bits per heavy atom. The Labute approximate surface area is 140 Å². The van der Waals surface area contributed by atoms with E-state index in [0.717, 1.165) is 31.9 Å². The molecule has 1 fully saturated rings. The molecule has 1 aliphatic rings. The lowest BCUT2D eigenvalue weighted by atomic mass is 9.95. The molecule has 0 spiro atoms. The lowest BCUT2D eigenvalue weighted by molar-refractivity contribution is -0.137. The smallest absolute Gasteiger partial charge is 0.351 e. The van der Waals surface area contributed by atoms with E-state index >= 15 is 0 Å². The average Bonchev–Trinajstić information content (AvgIpc) is 2.54. The number of halogens is 3. The molecule has 0 aliphatic carbocycles. The molecule has 2 amide bonds. The molecule has 1 heterocycles. The monoisotopic (exact) mass is 343 g/mol. The number of piperidine rings is 1. The summed E-state index contributed by atoms with van der Waals surface area (Å²) in [4.78, 5) is 12.7. The van der Waals surface area contributed by atoms with E-state index in [1.165, 1.54) is 12.1 Å². The lowest BCUT2D eigenvalue weighted by Crippen LogP contribution is -2.47. The van der Waals surface area contributed by atoms with E-state index in [1.54, 1.807) is 11.0 Å². The molecular formula is C17H24F3N3O. The SMILES string of the molecule is CC(CCNC1CCN(C(N)=O)CC1)c1cccc(C(F)(F)F)c1. The Hall–Kier alpha value is -1.76. The number of benzene rings is 1. The van der Waals surface area contributed by atoms with Crippen LogP contribution >= 0.6 is 0 Å². The Kier molecular flexibility index (Phi) is 6.10. The van der Waals surface area contributed by atoms with E-state index in [0.29, 0.717) is 24.7 Å². The molecular weight excluding hydrogens is 319 g/mol. The van der Waals surface area contributed by atoms with Crippen molar-refractivity contribution in [2.45, 2.75) is 44.3 Å². The molecule has 134 valence electrons.